The maximum atomic E-state index is 12.7. The lowest BCUT2D eigenvalue weighted by atomic mass is 10.1. The first kappa shape index (κ1) is 21.0. The summed E-state index contributed by atoms with van der Waals surface area (Å²) in [5.74, 6) is 0.302. The Labute approximate surface area is 172 Å². The van der Waals surface area contributed by atoms with Crippen molar-refractivity contribution in [3.63, 3.8) is 0 Å². The van der Waals surface area contributed by atoms with Crippen molar-refractivity contribution in [1.29, 1.82) is 0 Å². The molecule has 2 aromatic carbocycles. The third kappa shape index (κ3) is 4.65. The molecule has 8 heteroatoms. The van der Waals surface area contributed by atoms with Gasteiger partial charge in [-0.2, -0.15) is 0 Å². The molecule has 3 rings (SSSR count). The number of aromatic amines is 1. The van der Waals surface area contributed by atoms with Crippen molar-refractivity contribution >= 4 is 22.7 Å². The molecular formula is C22H22N2O6. The molecule has 0 amide bonds. The lowest BCUT2D eigenvalue weighted by Gasteiger charge is -2.15. The van der Waals surface area contributed by atoms with Gasteiger partial charge < -0.3 is 19.2 Å². The number of rotatable bonds is 8. The van der Waals surface area contributed by atoms with Crippen molar-refractivity contribution in [2.24, 2.45) is 0 Å². The normalized spacial score (nSPS) is 11.7. The first-order chi connectivity index (χ1) is 14.4. The van der Waals surface area contributed by atoms with Gasteiger partial charge in [0.2, 0.25) is 5.78 Å². The van der Waals surface area contributed by atoms with Crippen LogP contribution in [0.4, 0.5) is 0 Å². The van der Waals surface area contributed by atoms with E-state index in [1.54, 1.807) is 42.5 Å². The molecule has 0 aliphatic rings. The van der Waals surface area contributed by atoms with Crippen molar-refractivity contribution in [1.82, 2.24) is 9.97 Å². The number of hydrogen-bond acceptors (Lipinski definition) is 7. The van der Waals surface area contributed by atoms with Crippen LogP contribution in [-0.4, -0.2) is 42.0 Å². The number of ether oxygens (including phenoxy) is 3. The van der Waals surface area contributed by atoms with Crippen LogP contribution in [0.1, 0.15) is 29.5 Å². The average molecular weight is 410 g/mol. The van der Waals surface area contributed by atoms with Gasteiger partial charge in [-0.25, -0.2) is 4.98 Å². The summed E-state index contributed by atoms with van der Waals surface area (Å²) < 4.78 is 15.6. The zero-order valence-electron chi connectivity index (χ0n) is 16.9. The third-order valence-corrected chi connectivity index (χ3v) is 4.58. The van der Waals surface area contributed by atoms with Gasteiger partial charge in [-0.05, 0) is 31.2 Å². The van der Waals surface area contributed by atoms with Crippen molar-refractivity contribution in [2.45, 2.75) is 25.9 Å². The molecule has 0 saturated carbocycles. The van der Waals surface area contributed by atoms with Crippen LogP contribution < -0.4 is 15.0 Å². The van der Waals surface area contributed by atoms with Gasteiger partial charge in [0.1, 0.15) is 17.3 Å². The molecule has 0 fully saturated rings. The summed E-state index contributed by atoms with van der Waals surface area (Å²) in [7, 11) is 2.96. The summed E-state index contributed by atoms with van der Waals surface area (Å²) in [4.78, 5) is 44.0. The highest BCUT2D eigenvalue weighted by Gasteiger charge is 2.23. The molecule has 0 aliphatic heterocycles. The number of esters is 1. The van der Waals surface area contributed by atoms with Crippen LogP contribution >= 0.6 is 0 Å². The molecule has 1 atom stereocenters. The minimum atomic E-state index is -0.997. The number of H-pyrrole nitrogens is 1. The Morgan fingerprint density at radius 1 is 1.10 bits per heavy atom. The zero-order valence-corrected chi connectivity index (χ0v) is 16.9. The Morgan fingerprint density at radius 3 is 2.60 bits per heavy atom. The number of benzene rings is 2. The minimum absolute atomic E-state index is 0.0291. The monoisotopic (exact) mass is 410 g/mol. The van der Waals surface area contributed by atoms with E-state index in [1.165, 1.54) is 21.1 Å². The molecule has 1 heterocycles. The number of nitrogens with zero attached hydrogens (tertiary/aromatic N) is 1. The SMILES string of the molecule is COc1ccc(C(=O)C(C)OC(=O)CCc2nc3ccccc3c(=O)[nH]2)c(OC)c1. The predicted molar refractivity (Wildman–Crippen MR) is 110 cm³/mol. The Balaban J connectivity index is 1.63. The average Bonchev–Trinajstić information content (AvgIpc) is 2.76. The van der Waals surface area contributed by atoms with Crippen molar-refractivity contribution in [3.05, 3.63) is 64.2 Å². The molecule has 156 valence electrons. The van der Waals surface area contributed by atoms with Crippen LogP contribution in [0, 0.1) is 0 Å². The summed E-state index contributed by atoms with van der Waals surface area (Å²) in [6, 6.07) is 11.7. The van der Waals surface area contributed by atoms with Gasteiger partial charge in [-0.1, -0.05) is 12.1 Å². The standard InChI is InChI=1S/C22H22N2O6/c1-13(21(26)16-9-8-14(28-2)12-18(16)29-3)30-20(25)11-10-19-23-17-7-5-4-6-15(17)22(27)24-19/h4-9,12-13H,10-11H2,1-3H3,(H,23,24,27). The lowest BCUT2D eigenvalue weighted by Crippen LogP contribution is -2.25. The fourth-order valence-electron chi connectivity index (χ4n) is 3.00. The van der Waals surface area contributed by atoms with E-state index < -0.39 is 12.1 Å². The largest absolute Gasteiger partial charge is 0.497 e. The summed E-state index contributed by atoms with van der Waals surface area (Å²) in [6.45, 7) is 1.50. The van der Waals surface area contributed by atoms with Gasteiger partial charge in [0.05, 0.1) is 37.1 Å². The summed E-state index contributed by atoms with van der Waals surface area (Å²) in [6.07, 6.45) is -0.840. The molecule has 3 aromatic rings. The number of aromatic nitrogens is 2. The molecule has 1 unspecified atom stereocenters. The van der Waals surface area contributed by atoms with E-state index in [0.29, 0.717) is 33.8 Å². The number of nitrogens with one attached hydrogen (secondary N) is 1. The Hall–Kier alpha value is -3.68. The first-order valence-electron chi connectivity index (χ1n) is 9.36. The van der Waals surface area contributed by atoms with Gasteiger partial charge in [-0.15, -0.1) is 0 Å². The quantitative estimate of drug-likeness (QED) is 0.449. The number of para-hydroxylation sites is 1. The fraction of sp³-hybridized carbons (Fsp3) is 0.273. The predicted octanol–water partition coefficient (Wildman–Crippen LogP) is 2.69. The molecule has 0 bridgehead atoms. The third-order valence-electron chi connectivity index (χ3n) is 4.58. The molecule has 8 nitrogen and oxygen atoms in total. The number of Topliss-reactive ketones (excluding diaryl/α,β-unsaturated/α-hetero) is 1. The van der Waals surface area contributed by atoms with Crippen LogP contribution in [0.3, 0.4) is 0 Å². The van der Waals surface area contributed by atoms with Gasteiger partial charge in [0.25, 0.3) is 5.56 Å². The first-order valence-corrected chi connectivity index (χ1v) is 9.36. The number of methoxy groups -OCH3 is 2. The molecule has 30 heavy (non-hydrogen) atoms. The number of ketones is 1. The van der Waals surface area contributed by atoms with Crippen LogP contribution in [0.25, 0.3) is 10.9 Å². The second-order valence-corrected chi connectivity index (χ2v) is 6.59. The smallest absolute Gasteiger partial charge is 0.306 e. The number of hydrogen-bond donors (Lipinski definition) is 1. The molecule has 0 aliphatic carbocycles. The van der Waals surface area contributed by atoms with E-state index in [4.69, 9.17) is 14.2 Å². The van der Waals surface area contributed by atoms with Crippen LogP contribution in [0.15, 0.2) is 47.3 Å². The molecule has 1 N–H and O–H groups in total. The zero-order chi connectivity index (χ0) is 21.7. The van der Waals surface area contributed by atoms with Gasteiger partial charge in [0, 0.05) is 12.5 Å². The summed E-state index contributed by atoms with van der Waals surface area (Å²) in [5, 5.41) is 0.483. The Morgan fingerprint density at radius 2 is 1.87 bits per heavy atom. The van der Waals surface area contributed by atoms with Crippen molar-refractivity contribution in [2.75, 3.05) is 14.2 Å². The molecule has 0 radical (unpaired) electrons. The maximum Gasteiger partial charge on any atom is 0.306 e. The van der Waals surface area contributed by atoms with Crippen molar-refractivity contribution < 1.29 is 23.8 Å². The Kier molecular flexibility index (Phi) is 6.46. The Bertz CT molecular complexity index is 1140. The molecule has 0 spiro atoms. The highest BCUT2D eigenvalue weighted by atomic mass is 16.5. The summed E-state index contributed by atoms with van der Waals surface area (Å²) >= 11 is 0. The minimum Gasteiger partial charge on any atom is -0.497 e. The van der Waals surface area contributed by atoms with Gasteiger partial charge in [-0.3, -0.25) is 14.4 Å². The number of fused-ring (bicyclic) bond motifs is 1. The van der Waals surface area contributed by atoms with Crippen LogP contribution in [0.5, 0.6) is 11.5 Å². The van der Waals surface area contributed by atoms with Crippen LogP contribution in [0.2, 0.25) is 0 Å². The molecule has 1 aromatic heterocycles. The molecular weight excluding hydrogens is 388 g/mol. The highest BCUT2D eigenvalue weighted by Crippen LogP contribution is 2.26. The van der Waals surface area contributed by atoms with E-state index in [0.717, 1.165) is 0 Å². The van der Waals surface area contributed by atoms with E-state index in [-0.39, 0.29) is 24.2 Å². The van der Waals surface area contributed by atoms with Crippen molar-refractivity contribution in [3.8, 4) is 11.5 Å². The number of carbonyl (C=O) groups excluding carboxylic acids is 2. The second-order valence-electron chi connectivity index (χ2n) is 6.59. The summed E-state index contributed by atoms with van der Waals surface area (Å²) in [5.41, 5.74) is 0.581. The van der Waals surface area contributed by atoms with Gasteiger partial charge in [0.15, 0.2) is 6.10 Å². The fourth-order valence-corrected chi connectivity index (χ4v) is 3.00. The maximum absolute atomic E-state index is 12.7. The lowest BCUT2D eigenvalue weighted by molar-refractivity contribution is -0.146. The highest BCUT2D eigenvalue weighted by molar-refractivity contribution is 6.02. The molecule has 0 saturated heterocycles. The van der Waals surface area contributed by atoms with E-state index >= 15 is 0 Å². The number of carbonyl (C=O) groups is 2. The van der Waals surface area contributed by atoms with Crippen LogP contribution in [-0.2, 0) is 16.0 Å². The van der Waals surface area contributed by atoms with E-state index in [2.05, 4.69) is 9.97 Å². The second kappa shape index (κ2) is 9.21. The number of aryl methyl sites for hydroxylation is 1. The van der Waals surface area contributed by atoms with Gasteiger partial charge >= 0.3 is 5.97 Å². The van der Waals surface area contributed by atoms with E-state index in [1.807, 2.05) is 0 Å². The topological polar surface area (TPSA) is 108 Å². The van der Waals surface area contributed by atoms with E-state index in [9.17, 15) is 14.4 Å².